The van der Waals surface area contributed by atoms with Gasteiger partial charge in [0.25, 0.3) is 0 Å². The molecule has 0 aliphatic carbocycles. The molecule has 0 heterocycles. The number of nitrogens with one attached hydrogen (secondary N) is 1. The van der Waals surface area contributed by atoms with Crippen molar-refractivity contribution in [2.45, 2.75) is 26.4 Å². The van der Waals surface area contributed by atoms with Gasteiger partial charge in [-0.25, -0.2) is 0 Å². The van der Waals surface area contributed by atoms with E-state index in [1.54, 1.807) is 7.11 Å². The zero-order valence-corrected chi connectivity index (χ0v) is 14.2. The summed E-state index contributed by atoms with van der Waals surface area (Å²) in [6, 6.07) is 15.5. The van der Waals surface area contributed by atoms with Gasteiger partial charge in [-0.2, -0.15) is 0 Å². The highest BCUT2D eigenvalue weighted by molar-refractivity contribution is 5.94. The van der Waals surface area contributed by atoms with Gasteiger partial charge in [0.2, 0.25) is 5.91 Å². The van der Waals surface area contributed by atoms with E-state index >= 15 is 0 Å². The summed E-state index contributed by atoms with van der Waals surface area (Å²) in [5.74, 6) is 0.825. The van der Waals surface area contributed by atoms with Crippen molar-refractivity contribution in [2.75, 3.05) is 19.5 Å². The van der Waals surface area contributed by atoms with E-state index in [0.29, 0.717) is 6.54 Å². The number of benzene rings is 2. The van der Waals surface area contributed by atoms with E-state index in [-0.39, 0.29) is 11.9 Å². The van der Waals surface area contributed by atoms with Crippen LogP contribution in [0.3, 0.4) is 0 Å². The second kappa shape index (κ2) is 7.79. The molecule has 1 N–H and O–H groups in total. The third-order valence-corrected chi connectivity index (χ3v) is 3.95. The standard InChI is InChI=1S/C19H24N2O2/c1-14-5-9-17(10-6-14)20-19(22)15(2)21(3)13-16-7-11-18(23-4)12-8-16/h5-12,15H,13H2,1-4H3,(H,20,22)/t15-/m1/s1. The molecular formula is C19H24N2O2. The number of aryl methyl sites for hydroxylation is 1. The third-order valence-electron chi connectivity index (χ3n) is 3.95. The van der Waals surface area contributed by atoms with E-state index in [1.165, 1.54) is 5.56 Å². The van der Waals surface area contributed by atoms with Crippen LogP contribution < -0.4 is 10.1 Å². The first-order valence-corrected chi connectivity index (χ1v) is 7.70. The topological polar surface area (TPSA) is 41.6 Å². The Kier molecular flexibility index (Phi) is 5.77. The minimum Gasteiger partial charge on any atom is -0.497 e. The Bertz CT molecular complexity index is 635. The predicted molar refractivity (Wildman–Crippen MR) is 93.7 cm³/mol. The molecule has 1 atom stereocenters. The Hall–Kier alpha value is -2.33. The monoisotopic (exact) mass is 312 g/mol. The van der Waals surface area contributed by atoms with Crippen LogP contribution in [-0.2, 0) is 11.3 Å². The molecule has 0 aliphatic rings. The second-order valence-corrected chi connectivity index (χ2v) is 5.79. The number of methoxy groups -OCH3 is 1. The average Bonchev–Trinajstić information content (AvgIpc) is 2.56. The van der Waals surface area contributed by atoms with Crippen molar-refractivity contribution >= 4 is 11.6 Å². The lowest BCUT2D eigenvalue weighted by Crippen LogP contribution is -2.39. The highest BCUT2D eigenvalue weighted by atomic mass is 16.5. The molecule has 2 rings (SSSR count). The van der Waals surface area contributed by atoms with E-state index in [1.807, 2.05) is 74.3 Å². The van der Waals surface area contributed by atoms with Gasteiger partial charge in [-0.15, -0.1) is 0 Å². The van der Waals surface area contributed by atoms with E-state index in [2.05, 4.69) is 5.32 Å². The molecule has 0 radical (unpaired) electrons. The van der Waals surface area contributed by atoms with Gasteiger partial charge < -0.3 is 10.1 Å². The molecule has 2 aromatic rings. The first-order chi connectivity index (χ1) is 11.0. The summed E-state index contributed by atoms with van der Waals surface area (Å²) in [5.41, 5.74) is 3.14. The Labute approximate surface area is 138 Å². The van der Waals surface area contributed by atoms with Crippen molar-refractivity contribution < 1.29 is 9.53 Å². The molecule has 4 nitrogen and oxygen atoms in total. The zero-order chi connectivity index (χ0) is 16.8. The average molecular weight is 312 g/mol. The maximum Gasteiger partial charge on any atom is 0.241 e. The zero-order valence-electron chi connectivity index (χ0n) is 14.2. The first-order valence-electron chi connectivity index (χ1n) is 7.70. The maximum absolute atomic E-state index is 12.4. The van der Waals surface area contributed by atoms with Gasteiger partial charge in [-0.1, -0.05) is 29.8 Å². The molecule has 0 unspecified atom stereocenters. The summed E-state index contributed by atoms with van der Waals surface area (Å²) in [7, 11) is 3.60. The number of ether oxygens (including phenoxy) is 1. The summed E-state index contributed by atoms with van der Waals surface area (Å²) in [6.07, 6.45) is 0. The molecule has 0 saturated heterocycles. The first kappa shape index (κ1) is 17.0. The summed E-state index contributed by atoms with van der Waals surface area (Å²) in [4.78, 5) is 14.4. The van der Waals surface area contributed by atoms with Crippen LogP contribution >= 0.6 is 0 Å². The fourth-order valence-electron chi connectivity index (χ4n) is 2.24. The van der Waals surface area contributed by atoms with Gasteiger partial charge in [0.1, 0.15) is 5.75 Å². The lowest BCUT2D eigenvalue weighted by molar-refractivity contribution is -0.120. The molecule has 122 valence electrons. The molecule has 0 saturated carbocycles. The van der Waals surface area contributed by atoms with Crippen LogP contribution in [-0.4, -0.2) is 31.0 Å². The Morgan fingerprint density at radius 1 is 1.13 bits per heavy atom. The number of carbonyl (C=O) groups is 1. The Morgan fingerprint density at radius 2 is 1.74 bits per heavy atom. The van der Waals surface area contributed by atoms with Crippen molar-refractivity contribution in [1.29, 1.82) is 0 Å². The molecule has 0 aromatic heterocycles. The summed E-state index contributed by atoms with van der Waals surface area (Å²) < 4.78 is 5.16. The summed E-state index contributed by atoms with van der Waals surface area (Å²) in [6.45, 7) is 4.64. The van der Waals surface area contributed by atoms with E-state index in [0.717, 1.165) is 17.0 Å². The van der Waals surface area contributed by atoms with Crippen molar-refractivity contribution in [3.63, 3.8) is 0 Å². The van der Waals surface area contributed by atoms with Gasteiger partial charge in [0, 0.05) is 12.2 Å². The summed E-state index contributed by atoms with van der Waals surface area (Å²) in [5, 5.41) is 2.95. The van der Waals surface area contributed by atoms with Crippen LogP contribution in [0.25, 0.3) is 0 Å². The maximum atomic E-state index is 12.4. The van der Waals surface area contributed by atoms with Gasteiger partial charge in [-0.3, -0.25) is 9.69 Å². The number of hydrogen-bond donors (Lipinski definition) is 1. The van der Waals surface area contributed by atoms with Crippen LogP contribution in [0.15, 0.2) is 48.5 Å². The Morgan fingerprint density at radius 3 is 2.30 bits per heavy atom. The largest absolute Gasteiger partial charge is 0.497 e. The van der Waals surface area contributed by atoms with Crippen molar-refractivity contribution in [3.05, 3.63) is 59.7 Å². The van der Waals surface area contributed by atoms with Crippen LogP contribution in [0, 0.1) is 6.92 Å². The highest BCUT2D eigenvalue weighted by Crippen LogP contribution is 2.14. The van der Waals surface area contributed by atoms with Crippen LogP contribution in [0.5, 0.6) is 5.75 Å². The molecule has 4 heteroatoms. The van der Waals surface area contributed by atoms with Gasteiger partial charge >= 0.3 is 0 Å². The molecule has 0 fully saturated rings. The smallest absolute Gasteiger partial charge is 0.241 e. The number of likely N-dealkylation sites (N-methyl/N-ethyl adjacent to an activating group) is 1. The third kappa shape index (κ3) is 4.83. The van der Waals surface area contributed by atoms with E-state index < -0.39 is 0 Å². The number of rotatable bonds is 6. The minimum atomic E-state index is -0.224. The minimum absolute atomic E-state index is 0.00938. The van der Waals surface area contributed by atoms with Crippen molar-refractivity contribution in [3.8, 4) is 5.75 Å². The quantitative estimate of drug-likeness (QED) is 0.888. The predicted octanol–water partition coefficient (Wildman–Crippen LogP) is 3.46. The lowest BCUT2D eigenvalue weighted by Gasteiger charge is -2.24. The number of carbonyl (C=O) groups excluding carboxylic acids is 1. The van der Waals surface area contributed by atoms with Crippen molar-refractivity contribution in [2.24, 2.45) is 0 Å². The molecule has 0 aliphatic heterocycles. The van der Waals surface area contributed by atoms with Crippen LogP contribution in [0.1, 0.15) is 18.1 Å². The molecule has 2 aromatic carbocycles. The number of nitrogens with zero attached hydrogens (tertiary/aromatic N) is 1. The van der Waals surface area contributed by atoms with Crippen LogP contribution in [0.4, 0.5) is 5.69 Å². The van der Waals surface area contributed by atoms with Gasteiger partial charge in [0.05, 0.1) is 13.2 Å². The van der Waals surface area contributed by atoms with Gasteiger partial charge in [0.15, 0.2) is 0 Å². The molecular weight excluding hydrogens is 288 g/mol. The van der Waals surface area contributed by atoms with Gasteiger partial charge in [-0.05, 0) is 50.7 Å². The summed E-state index contributed by atoms with van der Waals surface area (Å²) >= 11 is 0. The van der Waals surface area contributed by atoms with Crippen molar-refractivity contribution in [1.82, 2.24) is 4.90 Å². The molecule has 0 spiro atoms. The molecule has 1 amide bonds. The second-order valence-electron chi connectivity index (χ2n) is 5.79. The normalized spacial score (nSPS) is 12.0. The van der Waals surface area contributed by atoms with E-state index in [9.17, 15) is 4.79 Å². The van der Waals surface area contributed by atoms with Crippen LogP contribution in [0.2, 0.25) is 0 Å². The number of hydrogen-bond acceptors (Lipinski definition) is 3. The fraction of sp³-hybridized carbons (Fsp3) is 0.316. The molecule has 23 heavy (non-hydrogen) atoms. The number of amides is 1. The molecule has 0 bridgehead atoms. The Balaban J connectivity index is 1.93. The highest BCUT2D eigenvalue weighted by Gasteiger charge is 2.18. The fourth-order valence-corrected chi connectivity index (χ4v) is 2.24. The van der Waals surface area contributed by atoms with E-state index in [4.69, 9.17) is 4.74 Å². The lowest BCUT2D eigenvalue weighted by atomic mass is 10.1. The number of anilines is 1. The SMILES string of the molecule is COc1ccc(CN(C)[C@H](C)C(=O)Nc2ccc(C)cc2)cc1.